The first kappa shape index (κ1) is 24.3. The first-order valence-electron chi connectivity index (χ1n) is 4.40. The van der Waals surface area contributed by atoms with Gasteiger partial charge in [0.1, 0.15) is 0 Å². The van der Waals surface area contributed by atoms with Crippen LogP contribution in [0, 0.1) is 6.08 Å². The molecule has 15 heavy (non-hydrogen) atoms. The minimum Gasteiger partial charge on any atom is -0.668 e. The predicted molar refractivity (Wildman–Crippen MR) is 67.2 cm³/mol. The molecular formula is C11H23N3Ti. The molecule has 0 heterocycles. The van der Waals surface area contributed by atoms with E-state index in [1.807, 2.05) is 12.2 Å². The second-order valence-corrected chi connectivity index (χ2v) is 2.34. The van der Waals surface area contributed by atoms with Gasteiger partial charge < -0.3 is 16.0 Å². The molecule has 0 unspecified atom stereocenters. The van der Waals surface area contributed by atoms with E-state index in [4.69, 9.17) is 0 Å². The van der Waals surface area contributed by atoms with Crippen LogP contribution in [0.1, 0.15) is 6.42 Å². The molecule has 0 aromatic heterocycles. The van der Waals surface area contributed by atoms with Crippen LogP contribution in [0.5, 0.6) is 0 Å². The average Bonchev–Trinajstić information content (AvgIpc) is 2.63. The van der Waals surface area contributed by atoms with Crippen molar-refractivity contribution in [3.8, 4) is 0 Å². The maximum atomic E-state index is 3.50. The number of hydrogen-bond donors (Lipinski definition) is 0. The molecule has 1 aliphatic rings. The number of nitrogens with zero attached hydrogens (tertiary/aromatic N) is 3. The van der Waals surface area contributed by atoms with Crippen LogP contribution >= 0.6 is 0 Å². The Bertz CT molecular complexity index is 99.6. The van der Waals surface area contributed by atoms with Gasteiger partial charge in [0.05, 0.1) is 0 Å². The minimum atomic E-state index is 0. The van der Waals surface area contributed by atoms with Gasteiger partial charge in [-0.2, -0.15) is 48.4 Å². The van der Waals surface area contributed by atoms with Crippen molar-refractivity contribution in [2.75, 3.05) is 42.3 Å². The zero-order chi connectivity index (χ0) is 11.7. The van der Waals surface area contributed by atoms with Gasteiger partial charge in [0.15, 0.2) is 0 Å². The zero-order valence-corrected chi connectivity index (χ0v) is 12.3. The van der Waals surface area contributed by atoms with Gasteiger partial charge in [-0.25, -0.2) is 12.2 Å². The third-order valence-electron chi connectivity index (χ3n) is 0.586. The molecule has 0 bridgehead atoms. The molecule has 0 fully saturated rings. The van der Waals surface area contributed by atoms with E-state index in [2.05, 4.69) is 28.1 Å². The Hall–Kier alpha value is 0.0743. The molecule has 0 aromatic carbocycles. The molecule has 0 amide bonds. The van der Waals surface area contributed by atoms with Crippen molar-refractivity contribution in [2.24, 2.45) is 0 Å². The molecule has 0 radical (unpaired) electrons. The molecular weight excluding hydrogens is 222 g/mol. The smallest absolute Gasteiger partial charge is 0.668 e. The van der Waals surface area contributed by atoms with Crippen molar-refractivity contribution in [2.45, 2.75) is 6.42 Å². The summed E-state index contributed by atoms with van der Waals surface area (Å²) in [5, 5.41) is 10.5. The summed E-state index contributed by atoms with van der Waals surface area (Å²) in [5.74, 6) is 0. The van der Waals surface area contributed by atoms with E-state index in [-0.39, 0.29) is 21.7 Å². The first-order valence-corrected chi connectivity index (χ1v) is 4.40. The summed E-state index contributed by atoms with van der Waals surface area (Å²) < 4.78 is 0. The SMILES string of the molecule is C[N-]C.C[N-]C.C[N-]C.[C-]1=CC=CC1.[Ti+4]. The van der Waals surface area contributed by atoms with E-state index in [1.165, 1.54) is 0 Å². The molecule has 0 saturated heterocycles. The van der Waals surface area contributed by atoms with Crippen LogP contribution < -0.4 is 0 Å². The average molecular weight is 245 g/mol. The van der Waals surface area contributed by atoms with E-state index in [0.29, 0.717) is 0 Å². The normalized spacial score (nSPS) is 9.47. The van der Waals surface area contributed by atoms with Gasteiger partial charge in [-0.15, -0.1) is 6.42 Å². The fraction of sp³-hybridized carbons (Fsp3) is 0.636. The molecule has 86 valence electrons. The van der Waals surface area contributed by atoms with Crippen LogP contribution in [0.15, 0.2) is 18.2 Å². The molecule has 0 aliphatic heterocycles. The first-order chi connectivity index (χ1) is 6.74. The van der Waals surface area contributed by atoms with Gasteiger partial charge in [0.2, 0.25) is 0 Å². The van der Waals surface area contributed by atoms with Crippen molar-refractivity contribution < 1.29 is 21.7 Å². The van der Waals surface area contributed by atoms with Crippen LogP contribution in [-0.2, 0) is 21.7 Å². The van der Waals surface area contributed by atoms with Crippen LogP contribution in [-0.4, -0.2) is 42.3 Å². The number of rotatable bonds is 0. The van der Waals surface area contributed by atoms with E-state index in [0.717, 1.165) is 6.42 Å². The van der Waals surface area contributed by atoms with Crippen LogP contribution in [0.4, 0.5) is 0 Å². The molecule has 0 aromatic rings. The molecule has 0 N–H and O–H groups in total. The van der Waals surface area contributed by atoms with Crippen molar-refractivity contribution in [3.05, 3.63) is 40.3 Å². The topological polar surface area (TPSA) is 42.3 Å². The van der Waals surface area contributed by atoms with Gasteiger partial charge in [0.25, 0.3) is 0 Å². The van der Waals surface area contributed by atoms with Crippen molar-refractivity contribution in [3.63, 3.8) is 0 Å². The second kappa shape index (κ2) is 36.9. The van der Waals surface area contributed by atoms with E-state index in [1.54, 1.807) is 42.3 Å². The van der Waals surface area contributed by atoms with Gasteiger partial charge in [-0.05, 0) is 0 Å². The van der Waals surface area contributed by atoms with E-state index < -0.39 is 0 Å². The summed E-state index contributed by atoms with van der Waals surface area (Å²) in [5.41, 5.74) is 0. The zero-order valence-electron chi connectivity index (χ0n) is 10.8. The number of allylic oxidation sites excluding steroid dienone is 4. The molecule has 0 atom stereocenters. The van der Waals surface area contributed by atoms with Crippen molar-refractivity contribution in [1.82, 2.24) is 0 Å². The van der Waals surface area contributed by atoms with Gasteiger partial charge in [-0.1, -0.05) is 0 Å². The summed E-state index contributed by atoms with van der Waals surface area (Å²) in [6.45, 7) is 0. The maximum Gasteiger partial charge on any atom is 4.00 e. The monoisotopic (exact) mass is 245 g/mol. The molecule has 0 saturated carbocycles. The van der Waals surface area contributed by atoms with E-state index in [9.17, 15) is 0 Å². The Morgan fingerprint density at radius 1 is 0.867 bits per heavy atom. The fourth-order valence-corrected chi connectivity index (χ4v) is 0.340. The molecule has 1 aliphatic carbocycles. The second-order valence-electron chi connectivity index (χ2n) is 2.34. The van der Waals surface area contributed by atoms with Crippen LogP contribution in [0.25, 0.3) is 16.0 Å². The third kappa shape index (κ3) is 79.7. The fourth-order valence-electron chi connectivity index (χ4n) is 0.340. The van der Waals surface area contributed by atoms with Gasteiger partial charge >= 0.3 is 21.7 Å². The maximum absolute atomic E-state index is 3.50. The Morgan fingerprint density at radius 2 is 1.20 bits per heavy atom. The summed E-state index contributed by atoms with van der Waals surface area (Å²) in [6.07, 6.45) is 10.0. The molecule has 1 rings (SSSR count). The van der Waals surface area contributed by atoms with Crippen LogP contribution in [0.2, 0.25) is 0 Å². The number of hydrogen-bond acceptors (Lipinski definition) is 0. The van der Waals surface area contributed by atoms with Crippen molar-refractivity contribution >= 4 is 0 Å². The predicted octanol–water partition coefficient (Wildman–Crippen LogP) is 3.16. The Labute approximate surface area is 111 Å². The summed E-state index contributed by atoms with van der Waals surface area (Å²) >= 11 is 0. The standard InChI is InChI=1S/C5H5.3C2H6N.Ti/c1-2-4-5-3-1;3*1-3-2;/h1-3H,4H2;3*1-2H3;/q4*-1;+4. The Morgan fingerprint density at radius 3 is 1.27 bits per heavy atom. The summed E-state index contributed by atoms with van der Waals surface area (Å²) in [4.78, 5) is 0. The minimum absolute atomic E-state index is 0. The van der Waals surface area contributed by atoms with Crippen molar-refractivity contribution in [1.29, 1.82) is 0 Å². The molecule has 0 spiro atoms. The van der Waals surface area contributed by atoms with Crippen LogP contribution in [0.3, 0.4) is 0 Å². The Kier molecular flexibility index (Phi) is 59.9. The quantitative estimate of drug-likeness (QED) is 0.464. The van der Waals surface area contributed by atoms with Gasteiger partial charge in [-0.3, -0.25) is 6.08 Å². The molecule has 3 nitrogen and oxygen atoms in total. The Balaban J connectivity index is -0.0000000550. The largest absolute Gasteiger partial charge is 4.00 e. The van der Waals surface area contributed by atoms with Gasteiger partial charge in [0, 0.05) is 0 Å². The summed E-state index contributed by atoms with van der Waals surface area (Å²) in [6, 6.07) is 0. The summed E-state index contributed by atoms with van der Waals surface area (Å²) in [7, 11) is 10.5. The van der Waals surface area contributed by atoms with E-state index >= 15 is 0 Å². The third-order valence-corrected chi connectivity index (χ3v) is 0.586. The molecule has 4 heteroatoms.